The Kier molecular flexibility index (Phi) is 5.39. The number of carbonyl (C=O) groups excluding carboxylic acids is 1. The van der Waals surface area contributed by atoms with E-state index in [9.17, 15) is 17.6 Å². The molecule has 1 aromatic carbocycles. The number of benzene rings is 1. The van der Waals surface area contributed by atoms with Crippen LogP contribution in [-0.4, -0.2) is 43.2 Å². The molecule has 1 aliphatic heterocycles. The smallest absolute Gasteiger partial charge is 0.437 e. The zero-order chi connectivity index (χ0) is 19.9. The van der Waals surface area contributed by atoms with Gasteiger partial charge >= 0.3 is 6.09 Å². The first-order valence-corrected chi connectivity index (χ1v) is 9.58. The highest BCUT2D eigenvalue weighted by Gasteiger charge is 2.36. The number of aliphatic imine (C=N–C) groups is 1. The third kappa shape index (κ3) is 4.55. The molecule has 0 aliphatic carbocycles. The van der Waals surface area contributed by atoms with Gasteiger partial charge in [-0.3, -0.25) is 0 Å². The molecule has 8 nitrogen and oxygen atoms in total. The molecule has 3 N–H and O–H groups in total. The number of carbonyl (C=O) groups is 1. The molecule has 26 heavy (non-hydrogen) atoms. The molecule has 0 radical (unpaired) electrons. The number of rotatable bonds is 1. The van der Waals surface area contributed by atoms with Gasteiger partial charge in [0.05, 0.1) is 16.8 Å². The lowest BCUT2D eigenvalue weighted by Crippen LogP contribution is -2.53. The normalized spacial score (nSPS) is 21.4. The van der Waals surface area contributed by atoms with Crippen molar-refractivity contribution in [2.24, 2.45) is 4.99 Å². The summed E-state index contributed by atoms with van der Waals surface area (Å²) in [5.74, 6) is -1.45. The lowest BCUT2D eigenvalue weighted by Gasteiger charge is -2.33. The number of sulfonamides is 1. The standard InChI is InChI=1S/C15H20ClFN4O4S/c1-15(2,3)25-14(22)20-13-19-11(7-26(23,24)21(13)4)9-5-8(18)6-10(17)12(9)16/h5-6,11H,7,18H2,1-4H3,(H,19,20,22)/t11-/m0/s1. The molecule has 1 heterocycles. The lowest BCUT2D eigenvalue weighted by molar-refractivity contribution is 0.0602. The number of halogens is 2. The third-order valence-corrected chi connectivity index (χ3v) is 5.60. The fourth-order valence-corrected chi connectivity index (χ4v) is 3.78. The molecule has 0 unspecified atom stereocenters. The minimum absolute atomic E-state index is 0.0886. The van der Waals surface area contributed by atoms with Gasteiger partial charge in [-0.1, -0.05) is 11.6 Å². The van der Waals surface area contributed by atoms with E-state index in [1.807, 2.05) is 0 Å². The van der Waals surface area contributed by atoms with Crippen molar-refractivity contribution in [1.82, 2.24) is 9.62 Å². The second kappa shape index (κ2) is 6.92. The maximum atomic E-state index is 13.9. The van der Waals surface area contributed by atoms with E-state index in [-0.39, 0.29) is 22.2 Å². The van der Waals surface area contributed by atoms with Crippen LogP contribution in [0.1, 0.15) is 32.4 Å². The van der Waals surface area contributed by atoms with Gasteiger partial charge in [-0.05, 0) is 38.5 Å². The summed E-state index contributed by atoms with van der Waals surface area (Å²) in [4.78, 5) is 15.6. The van der Waals surface area contributed by atoms with Crippen molar-refractivity contribution < 1.29 is 22.3 Å². The van der Waals surface area contributed by atoms with Crippen molar-refractivity contribution in [1.29, 1.82) is 0 Å². The van der Waals surface area contributed by atoms with E-state index < -0.39 is 39.3 Å². The first kappa shape index (κ1) is 20.2. The first-order chi connectivity index (χ1) is 11.8. The molecule has 1 saturated heterocycles. The highest BCUT2D eigenvalue weighted by molar-refractivity contribution is 7.89. The number of guanidine groups is 1. The quantitative estimate of drug-likeness (QED) is 0.691. The summed E-state index contributed by atoms with van der Waals surface area (Å²) in [5, 5.41) is 2.52. The summed E-state index contributed by atoms with van der Waals surface area (Å²) >= 11 is 5.96. The van der Waals surface area contributed by atoms with Gasteiger partial charge in [0.1, 0.15) is 11.4 Å². The molecule has 0 spiro atoms. The zero-order valence-corrected chi connectivity index (χ0v) is 16.3. The summed E-state index contributed by atoms with van der Waals surface area (Å²) in [6, 6.07) is 1.46. The monoisotopic (exact) mass is 406 g/mol. The molecule has 11 heteroatoms. The number of nitrogen functional groups attached to an aromatic ring is 1. The van der Waals surface area contributed by atoms with Crippen molar-refractivity contribution in [3.05, 3.63) is 28.5 Å². The summed E-state index contributed by atoms with van der Waals surface area (Å²) in [6.45, 7) is 4.95. The molecule has 0 aromatic heterocycles. The zero-order valence-electron chi connectivity index (χ0n) is 14.7. The summed E-state index contributed by atoms with van der Waals surface area (Å²) < 4.78 is 44.6. The number of hydrogen-bond donors (Lipinski definition) is 2. The van der Waals surface area contributed by atoms with Crippen molar-refractivity contribution in [2.45, 2.75) is 32.4 Å². The molecule has 1 aliphatic rings. The number of ether oxygens (including phenoxy) is 1. The van der Waals surface area contributed by atoms with Gasteiger partial charge in [-0.2, -0.15) is 0 Å². The van der Waals surface area contributed by atoms with Crippen LogP contribution < -0.4 is 11.1 Å². The van der Waals surface area contributed by atoms with Gasteiger partial charge in [0, 0.05) is 12.7 Å². The number of nitrogens with one attached hydrogen (secondary N) is 1. The SMILES string of the molecule is CN1/C(=N\C(=O)OC(C)(C)C)N[C@H](c2cc(N)cc(F)c2Cl)CS1(=O)=O. The highest BCUT2D eigenvalue weighted by Crippen LogP contribution is 2.31. The van der Waals surface area contributed by atoms with Crippen LogP contribution in [0.15, 0.2) is 17.1 Å². The second-order valence-electron chi connectivity index (χ2n) is 6.76. The van der Waals surface area contributed by atoms with Crippen LogP contribution in [0.5, 0.6) is 0 Å². The van der Waals surface area contributed by atoms with Crippen molar-refractivity contribution in [3.63, 3.8) is 0 Å². The maximum Gasteiger partial charge on any atom is 0.437 e. The fraction of sp³-hybridized carbons (Fsp3) is 0.467. The van der Waals surface area contributed by atoms with Crippen molar-refractivity contribution in [3.8, 4) is 0 Å². The average molecular weight is 407 g/mol. The van der Waals surface area contributed by atoms with Gasteiger partial charge in [-0.25, -0.2) is 21.9 Å². The highest BCUT2D eigenvalue weighted by atomic mass is 35.5. The van der Waals surface area contributed by atoms with Crippen LogP contribution in [0.3, 0.4) is 0 Å². The predicted octanol–water partition coefficient (Wildman–Crippen LogP) is 2.26. The predicted molar refractivity (Wildman–Crippen MR) is 96.9 cm³/mol. The first-order valence-electron chi connectivity index (χ1n) is 7.59. The Bertz CT molecular complexity index is 867. The summed E-state index contributed by atoms with van der Waals surface area (Å²) in [7, 11) is -2.59. The molecular formula is C15H20ClFN4O4S. The van der Waals surface area contributed by atoms with Gasteiger partial charge in [0.25, 0.3) is 0 Å². The summed E-state index contributed by atoms with van der Waals surface area (Å²) in [5.41, 5.74) is 5.06. The van der Waals surface area contributed by atoms with Gasteiger partial charge in [0.15, 0.2) is 0 Å². The lowest BCUT2D eigenvalue weighted by atomic mass is 10.1. The molecule has 0 saturated carbocycles. The van der Waals surface area contributed by atoms with Crippen LogP contribution in [0.4, 0.5) is 14.9 Å². The van der Waals surface area contributed by atoms with Gasteiger partial charge < -0.3 is 15.8 Å². The molecule has 1 fully saturated rings. The van der Waals surface area contributed by atoms with E-state index in [1.165, 1.54) is 13.1 Å². The van der Waals surface area contributed by atoms with E-state index in [0.29, 0.717) is 0 Å². The minimum atomic E-state index is -3.83. The Morgan fingerprint density at radius 1 is 1.46 bits per heavy atom. The van der Waals surface area contributed by atoms with E-state index in [4.69, 9.17) is 22.1 Å². The van der Waals surface area contributed by atoms with Crippen LogP contribution in [0, 0.1) is 5.82 Å². The van der Waals surface area contributed by atoms with Crippen LogP contribution in [-0.2, 0) is 14.8 Å². The van der Waals surface area contributed by atoms with Gasteiger partial charge in [-0.15, -0.1) is 4.99 Å². The largest absolute Gasteiger partial charge is 0.442 e. The molecule has 1 atom stereocenters. The molecule has 1 aromatic rings. The van der Waals surface area contributed by atoms with Gasteiger partial charge in [0.2, 0.25) is 16.0 Å². The number of nitrogens with zero attached hydrogens (tertiary/aromatic N) is 2. The topological polar surface area (TPSA) is 114 Å². The Labute approximate surface area is 156 Å². The molecular weight excluding hydrogens is 387 g/mol. The van der Waals surface area contributed by atoms with E-state index in [1.54, 1.807) is 20.8 Å². The van der Waals surface area contributed by atoms with E-state index >= 15 is 0 Å². The van der Waals surface area contributed by atoms with E-state index in [0.717, 1.165) is 10.4 Å². The Morgan fingerprint density at radius 3 is 2.65 bits per heavy atom. The minimum Gasteiger partial charge on any atom is -0.442 e. The number of hydrogen-bond acceptors (Lipinski definition) is 5. The van der Waals surface area contributed by atoms with Crippen LogP contribution in [0.2, 0.25) is 5.02 Å². The number of nitrogens with two attached hydrogens (primary N) is 1. The van der Waals surface area contributed by atoms with Crippen molar-refractivity contribution in [2.75, 3.05) is 18.5 Å². The second-order valence-corrected chi connectivity index (χ2v) is 9.19. The molecule has 2 rings (SSSR count). The average Bonchev–Trinajstić information content (AvgIpc) is 2.45. The van der Waals surface area contributed by atoms with E-state index in [2.05, 4.69) is 10.3 Å². The Balaban J connectivity index is 2.42. The van der Waals surface area contributed by atoms with Crippen molar-refractivity contribution >= 4 is 39.4 Å². The Morgan fingerprint density at radius 2 is 2.08 bits per heavy atom. The Hall–Kier alpha value is -2.07. The molecule has 144 valence electrons. The maximum absolute atomic E-state index is 13.9. The number of anilines is 1. The van der Waals surface area contributed by atoms with Crippen LogP contribution >= 0.6 is 11.6 Å². The number of amides is 1. The third-order valence-electron chi connectivity index (χ3n) is 3.44. The molecule has 0 bridgehead atoms. The fourth-order valence-electron chi connectivity index (χ4n) is 2.27. The molecule has 1 amide bonds. The van der Waals surface area contributed by atoms with Crippen LogP contribution in [0.25, 0.3) is 0 Å². The summed E-state index contributed by atoms with van der Waals surface area (Å²) in [6.07, 6.45) is -0.965.